The van der Waals surface area contributed by atoms with E-state index in [0.717, 1.165) is 6.42 Å². The topological polar surface area (TPSA) is 99.2 Å². The Morgan fingerprint density at radius 2 is 1.84 bits per heavy atom. The van der Waals surface area contributed by atoms with Crippen molar-refractivity contribution in [1.82, 2.24) is 10.2 Å². The predicted molar refractivity (Wildman–Crippen MR) is 114 cm³/mol. The summed E-state index contributed by atoms with van der Waals surface area (Å²) in [6.07, 6.45) is 3.06. The molecule has 1 aromatic carbocycles. The first-order chi connectivity index (χ1) is 15.2. The molecule has 6 nitrogen and oxygen atoms in total. The normalized spacial score (nSPS) is 24.2. The van der Waals surface area contributed by atoms with Crippen molar-refractivity contribution in [3.63, 3.8) is 0 Å². The van der Waals surface area contributed by atoms with Crippen LogP contribution in [-0.2, 0) is 11.2 Å². The summed E-state index contributed by atoms with van der Waals surface area (Å²) in [5.74, 6) is -4.53. The number of benzene rings is 1. The maximum Gasteiger partial charge on any atom is 0.314 e. The number of carbonyl (C=O) groups excluding carboxylic acids is 2. The maximum atomic E-state index is 15.2. The minimum Gasteiger partial charge on any atom is -0.351 e. The van der Waals surface area contributed by atoms with Gasteiger partial charge in [0.15, 0.2) is 0 Å². The van der Waals surface area contributed by atoms with Gasteiger partial charge in [-0.1, -0.05) is 30.3 Å². The molecule has 1 spiro atoms. The van der Waals surface area contributed by atoms with Crippen molar-refractivity contribution < 1.29 is 18.4 Å². The minimum atomic E-state index is -3.04. The highest BCUT2D eigenvalue weighted by Crippen LogP contribution is 2.58. The van der Waals surface area contributed by atoms with Gasteiger partial charge in [-0.05, 0) is 55.4 Å². The summed E-state index contributed by atoms with van der Waals surface area (Å²) in [6, 6.07) is 10.2. The summed E-state index contributed by atoms with van der Waals surface area (Å²) in [4.78, 5) is 26.3. The van der Waals surface area contributed by atoms with Crippen LogP contribution in [0.25, 0.3) is 0 Å². The molecular formula is C24H30F2N4O2. The lowest BCUT2D eigenvalue weighted by Crippen LogP contribution is -2.56. The van der Waals surface area contributed by atoms with E-state index in [2.05, 4.69) is 11.4 Å². The van der Waals surface area contributed by atoms with Crippen LogP contribution in [0.3, 0.4) is 0 Å². The van der Waals surface area contributed by atoms with Gasteiger partial charge in [0.05, 0.1) is 6.07 Å². The van der Waals surface area contributed by atoms with Crippen LogP contribution < -0.4 is 11.1 Å². The fourth-order valence-corrected chi connectivity index (χ4v) is 5.56. The lowest BCUT2D eigenvalue weighted by atomic mass is 9.51. The monoisotopic (exact) mass is 444 g/mol. The van der Waals surface area contributed by atoms with Crippen molar-refractivity contribution in [2.75, 3.05) is 13.1 Å². The molecule has 1 unspecified atom stereocenters. The second-order valence-electron chi connectivity index (χ2n) is 9.84. The van der Waals surface area contributed by atoms with Crippen molar-refractivity contribution >= 4 is 11.9 Å². The van der Waals surface area contributed by atoms with Crippen LogP contribution in [0.1, 0.15) is 50.5 Å². The van der Waals surface area contributed by atoms with Gasteiger partial charge in [0.25, 0.3) is 5.92 Å². The van der Waals surface area contributed by atoms with E-state index in [1.807, 2.05) is 0 Å². The highest BCUT2D eigenvalue weighted by atomic mass is 19.3. The Kier molecular flexibility index (Phi) is 5.87. The summed E-state index contributed by atoms with van der Waals surface area (Å²) in [6.45, 7) is 0.978. The highest BCUT2D eigenvalue weighted by Gasteiger charge is 2.56. The lowest BCUT2D eigenvalue weighted by molar-refractivity contribution is -0.144. The molecule has 2 aliphatic carbocycles. The zero-order valence-corrected chi connectivity index (χ0v) is 18.2. The summed E-state index contributed by atoms with van der Waals surface area (Å²) in [7, 11) is 0. The number of nitrogens with one attached hydrogen (secondary N) is 1. The van der Waals surface area contributed by atoms with E-state index in [-0.39, 0.29) is 11.3 Å². The first-order valence-corrected chi connectivity index (χ1v) is 11.4. The molecular weight excluding hydrogens is 414 g/mol. The Bertz CT molecular complexity index is 902. The molecule has 172 valence electrons. The number of nitrogens with two attached hydrogens (primary N) is 1. The number of rotatable bonds is 7. The summed E-state index contributed by atoms with van der Waals surface area (Å²) in [5.41, 5.74) is 4.82. The van der Waals surface area contributed by atoms with Crippen LogP contribution in [0.5, 0.6) is 0 Å². The number of nitrogens with zero attached hydrogens (tertiary/aromatic N) is 2. The standard InChI is InChI=1S/C24H30F2N4O2/c25-24(26,14-17-4-2-1-3-5-17)15-18(20(31)29-23(16-27)8-9-23)19-6-7-22(19)10-12-30(13-11-22)21(28)32/h1-5,18-19H,6-15H2,(H2,28,32)(H,29,31)/t18-,19?/m0/s1. The number of hydrogen-bond acceptors (Lipinski definition) is 3. The Morgan fingerprint density at radius 1 is 1.19 bits per heavy atom. The van der Waals surface area contributed by atoms with E-state index >= 15 is 8.78 Å². The maximum absolute atomic E-state index is 15.2. The molecule has 3 amide bonds. The number of primary amides is 1. The van der Waals surface area contributed by atoms with Crippen molar-refractivity contribution in [2.24, 2.45) is 23.0 Å². The van der Waals surface area contributed by atoms with Crippen molar-refractivity contribution in [2.45, 2.75) is 62.8 Å². The first kappa shape index (κ1) is 22.5. The third-order valence-corrected chi connectivity index (χ3v) is 7.78. The van der Waals surface area contributed by atoms with E-state index in [9.17, 15) is 14.9 Å². The van der Waals surface area contributed by atoms with Crippen molar-refractivity contribution in [1.29, 1.82) is 5.26 Å². The second-order valence-corrected chi connectivity index (χ2v) is 9.84. The molecule has 8 heteroatoms. The van der Waals surface area contributed by atoms with Crippen LogP contribution in [-0.4, -0.2) is 41.4 Å². The first-order valence-electron chi connectivity index (χ1n) is 11.4. The number of urea groups is 1. The van der Waals surface area contributed by atoms with E-state index in [1.54, 1.807) is 35.2 Å². The molecule has 0 radical (unpaired) electrons. The van der Waals surface area contributed by atoms with Crippen LogP contribution in [0.15, 0.2) is 30.3 Å². The van der Waals surface area contributed by atoms with Gasteiger partial charge in [-0.15, -0.1) is 0 Å². The van der Waals surface area contributed by atoms with E-state index in [4.69, 9.17) is 5.73 Å². The van der Waals surface area contributed by atoms with Crippen LogP contribution >= 0.6 is 0 Å². The molecule has 1 heterocycles. The SMILES string of the molecule is N#CC1(NC(=O)[C@@H](CC(F)(F)Cc2ccccc2)C2CCC23CCN(C(N)=O)CC3)CC1. The van der Waals surface area contributed by atoms with E-state index in [1.165, 1.54) is 0 Å². The number of hydrogen-bond donors (Lipinski definition) is 2. The number of likely N-dealkylation sites (tertiary alicyclic amines) is 1. The Morgan fingerprint density at radius 3 is 2.34 bits per heavy atom. The molecule has 1 aliphatic heterocycles. The molecule has 4 rings (SSSR count). The Balaban J connectivity index is 1.52. The van der Waals surface area contributed by atoms with Gasteiger partial charge in [-0.25, -0.2) is 13.6 Å². The number of piperidine rings is 1. The summed E-state index contributed by atoms with van der Waals surface area (Å²) in [5, 5.41) is 12.2. The fourth-order valence-electron chi connectivity index (χ4n) is 5.56. The highest BCUT2D eigenvalue weighted by molar-refractivity contribution is 5.81. The molecule has 2 saturated carbocycles. The van der Waals surface area contributed by atoms with Gasteiger partial charge >= 0.3 is 6.03 Å². The molecule has 1 saturated heterocycles. The van der Waals surface area contributed by atoms with Crippen LogP contribution in [0.2, 0.25) is 0 Å². The number of alkyl halides is 2. The van der Waals surface area contributed by atoms with Crippen LogP contribution in [0.4, 0.5) is 13.6 Å². The third-order valence-electron chi connectivity index (χ3n) is 7.78. The molecule has 3 aliphatic rings. The minimum absolute atomic E-state index is 0.186. The molecule has 3 fully saturated rings. The lowest BCUT2D eigenvalue weighted by Gasteiger charge is -2.56. The molecule has 32 heavy (non-hydrogen) atoms. The van der Waals surface area contributed by atoms with Gasteiger partial charge in [0.2, 0.25) is 5.91 Å². The Hall–Kier alpha value is -2.69. The average molecular weight is 445 g/mol. The van der Waals surface area contributed by atoms with Crippen LogP contribution in [0, 0.1) is 28.6 Å². The predicted octanol–water partition coefficient (Wildman–Crippen LogP) is 3.61. The quantitative estimate of drug-likeness (QED) is 0.672. The Labute approximate surface area is 187 Å². The summed E-state index contributed by atoms with van der Waals surface area (Å²) < 4.78 is 30.4. The number of nitriles is 1. The molecule has 0 aromatic heterocycles. The zero-order chi connectivity index (χ0) is 23.0. The summed E-state index contributed by atoms with van der Waals surface area (Å²) >= 11 is 0. The van der Waals surface area contributed by atoms with Crippen molar-refractivity contribution in [3.8, 4) is 6.07 Å². The smallest absolute Gasteiger partial charge is 0.314 e. The fraction of sp³-hybridized carbons (Fsp3) is 0.625. The number of halogens is 2. The second kappa shape index (κ2) is 8.34. The van der Waals surface area contributed by atoms with E-state index in [0.29, 0.717) is 50.8 Å². The molecule has 2 atom stereocenters. The largest absolute Gasteiger partial charge is 0.351 e. The van der Waals surface area contributed by atoms with Crippen molar-refractivity contribution in [3.05, 3.63) is 35.9 Å². The van der Waals surface area contributed by atoms with Gasteiger partial charge in [-0.2, -0.15) is 5.26 Å². The molecule has 0 bridgehead atoms. The zero-order valence-electron chi connectivity index (χ0n) is 18.2. The van der Waals surface area contributed by atoms with Gasteiger partial charge in [-0.3, -0.25) is 4.79 Å². The third kappa shape index (κ3) is 4.57. The van der Waals surface area contributed by atoms with E-state index < -0.39 is 42.2 Å². The van der Waals surface area contributed by atoms with Gasteiger partial charge < -0.3 is 16.0 Å². The number of carbonyl (C=O) groups is 2. The van der Waals surface area contributed by atoms with Gasteiger partial charge in [0.1, 0.15) is 5.54 Å². The molecule has 1 aromatic rings. The number of amides is 3. The van der Waals surface area contributed by atoms with Gasteiger partial charge in [0, 0.05) is 31.8 Å². The molecule has 3 N–H and O–H groups in total. The average Bonchev–Trinajstić information content (AvgIpc) is 3.52.